The van der Waals surface area contributed by atoms with Crippen LogP contribution >= 0.6 is 11.6 Å². The minimum atomic E-state index is -0.550. The highest BCUT2D eigenvalue weighted by Gasteiger charge is 2.33. The minimum absolute atomic E-state index is 0.189. The molecule has 0 radical (unpaired) electrons. The van der Waals surface area contributed by atoms with Gasteiger partial charge in [-0.2, -0.15) is 0 Å². The van der Waals surface area contributed by atoms with Crippen LogP contribution in [0.3, 0.4) is 0 Å². The first-order valence-corrected chi connectivity index (χ1v) is 7.94. The van der Waals surface area contributed by atoms with Crippen molar-refractivity contribution in [2.45, 2.75) is 38.3 Å². The summed E-state index contributed by atoms with van der Waals surface area (Å²) in [5, 5.41) is 13.4. The van der Waals surface area contributed by atoms with E-state index >= 15 is 0 Å². The first kappa shape index (κ1) is 14.7. The van der Waals surface area contributed by atoms with Crippen LogP contribution in [0.5, 0.6) is 0 Å². The highest BCUT2D eigenvalue weighted by atomic mass is 35.5. The van der Waals surface area contributed by atoms with E-state index in [1.807, 2.05) is 18.2 Å². The van der Waals surface area contributed by atoms with E-state index in [1.165, 1.54) is 0 Å². The van der Waals surface area contributed by atoms with Gasteiger partial charge in [-0.05, 0) is 43.4 Å². The van der Waals surface area contributed by atoms with E-state index in [9.17, 15) is 9.90 Å². The number of piperidine rings is 2. The number of nitrogens with one attached hydrogen (secondary N) is 1. The third-order valence-corrected chi connectivity index (χ3v) is 4.95. The number of fused-ring (bicyclic) bond motifs is 1. The first-order chi connectivity index (χ1) is 10.0. The molecule has 2 N–H and O–H groups in total. The van der Waals surface area contributed by atoms with Crippen LogP contribution in [-0.2, 0) is 4.79 Å². The van der Waals surface area contributed by atoms with Gasteiger partial charge in [0.25, 0.3) is 0 Å². The van der Waals surface area contributed by atoms with E-state index in [0.717, 1.165) is 37.2 Å². The molecule has 1 aromatic rings. The lowest BCUT2D eigenvalue weighted by atomic mass is 9.85. The number of hydrogen-bond donors (Lipinski definition) is 2. The van der Waals surface area contributed by atoms with Crippen molar-refractivity contribution in [2.75, 3.05) is 18.0 Å². The lowest BCUT2D eigenvalue weighted by Crippen LogP contribution is -2.54. The number of benzene rings is 1. The maximum Gasteiger partial charge on any atom is 0.220 e. The summed E-state index contributed by atoms with van der Waals surface area (Å²) in [7, 11) is 0. The average molecular weight is 309 g/mol. The molecule has 2 heterocycles. The molecule has 21 heavy (non-hydrogen) atoms. The molecular weight excluding hydrogens is 288 g/mol. The van der Waals surface area contributed by atoms with Crippen molar-refractivity contribution in [3.05, 3.63) is 28.8 Å². The third kappa shape index (κ3) is 3.01. The van der Waals surface area contributed by atoms with Gasteiger partial charge in [-0.3, -0.25) is 4.79 Å². The second kappa shape index (κ2) is 5.85. The Morgan fingerprint density at radius 3 is 2.95 bits per heavy atom. The summed E-state index contributed by atoms with van der Waals surface area (Å²) in [4.78, 5) is 13.8. The van der Waals surface area contributed by atoms with Gasteiger partial charge in [0.15, 0.2) is 0 Å². The summed E-state index contributed by atoms with van der Waals surface area (Å²) in [5.41, 5.74) is 1.86. The summed E-state index contributed by atoms with van der Waals surface area (Å²) in [6.45, 7) is 3.60. The van der Waals surface area contributed by atoms with Gasteiger partial charge in [0.1, 0.15) is 0 Å². The highest BCUT2D eigenvalue weighted by molar-refractivity contribution is 6.31. The van der Waals surface area contributed by atoms with E-state index < -0.39 is 6.10 Å². The topological polar surface area (TPSA) is 52.6 Å². The predicted molar refractivity (Wildman–Crippen MR) is 83.6 cm³/mol. The third-order valence-electron chi connectivity index (χ3n) is 4.62. The molecule has 2 aliphatic rings. The maximum absolute atomic E-state index is 11.4. The fourth-order valence-corrected chi connectivity index (χ4v) is 3.73. The number of nitrogens with zero attached hydrogens (tertiary/aromatic N) is 1. The Labute approximate surface area is 130 Å². The summed E-state index contributed by atoms with van der Waals surface area (Å²) in [5.74, 6) is 0.709. The smallest absolute Gasteiger partial charge is 0.220 e. The molecule has 2 saturated heterocycles. The van der Waals surface area contributed by atoms with Gasteiger partial charge in [-0.1, -0.05) is 17.7 Å². The van der Waals surface area contributed by atoms with Crippen LogP contribution < -0.4 is 10.2 Å². The van der Waals surface area contributed by atoms with Gasteiger partial charge in [0.2, 0.25) is 5.91 Å². The van der Waals surface area contributed by atoms with Gasteiger partial charge < -0.3 is 15.3 Å². The normalized spacial score (nSPS) is 27.0. The van der Waals surface area contributed by atoms with Crippen LogP contribution in [0.15, 0.2) is 18.2 Å². The number of aliphatic hydroxyl groups excluding tert-OH is 1. The maximum atomic E-state index is 11.4. The van der Waals surface area contributed by atoms with Crippen LogP contribution in [0.1, 0.15) is 37.9 Å². The monoisotopic (exact) mass is 308 g/mol. The Balaban J connectivity index is 1.73. The molecule has 0 aromatic heterocycles. The zero-order valence-electron chi connectivity index (χ0n) is 12.2. The van der Waals surface area contributed by atoms with Gasteiger partial charge >= 0.3 is 0 Å². The van der Waals surface area contributed by atoms with Gasteiger partial charge in [-0.25, -0.2) is 0 Å². The highest BCUT2D eigenvalue weighted by Crippen LogP contribution is 2.32. The van der Waals surface area contributed by atoms with E-state index in [1.54, 1.807) is 6.92 Å². The number of anilines is 1. The molecule has 4 nitrogen and oxygen atoms in total. The molecule has 2 fully saturated rings. The Hall–Kier alpha value is -1.26. The molecular formula is C16H21ClN2O2. The molecule has 114 valence electrons. The summed E-state index contributed by atoms with van der Waals surface area (Å²) >= 11 is 6.26. The largest absolute Gasteiger partial charge is 0.389 e. The number of carbonyl (C=O) groups excluding carboxylic acids is 1. The molecule has 0 saturated carbocycles. The van der Waals surface area contributed by atoms with Crippen LogP contribution in [0.2, 0.25) is 5.02 Å². The van der Waals surface area contributed by atoms with Gasteiger partial charge in [0, 0.05) is 36.3 Å². The van der Waals surface area contributed by atoms with Crippen molar-refractivity contribution >= 4 is 23.2 Å². The van der Waals surface area contributed by atoms with E-state index in [4.69, 9.17) is 11.6 Å². The van der Waals surface area contributed by atoms with E-state index in [-0.39, 0.29) is 5.91 Å². The molecule has 5 heteroatoms. The molecule has 0 bridgehead atoms. The second-order valence-electron chi connectivity index (χ2n) is 6.09. The van der Waals surface area contributed by atoms with Crippen molar-refractivity contribution < 1.29 is 9.90 Å². The van der Waals surface area contributed by atoms with E-state index in [2.05, 4.69) is 10.2 Å². The Morgan fingerprint density at radius 2 is 2.24 bits per heavy atom. The Bertz CT molecular complexity index is 547. The molecule has 2 aliphatic heterocycles. The predicted octanol–water partition coefficient (Wildman–Crippen LogP) is 2.50. The van der Waals surface area contributed by atoms with Crippen LogP contribution in [0.4, 0.5) is 5.69 Å². The van der Waals surface area contributed by atoms with E-state index in [0.29, 0.717) is 23.4 Å². The number of aliphatic hydroxyl groups is 1. The van der Waals surface area contributed by atoms with Crippen molar-refractivity contribution in [2.24, 2.45) is 5.92 Å². The summed E-state index contributed by atoms with van der Waals surface area (Å²) < 4.78 is 0. The quantitative estimate of drug-likeness (QED) is 0.882. The number of rotatable bonds is 2. The lowest BCUT2D eigenvalue weighted by molar-refractivity contribution is -0.124. The first-order valence-electron chi connectivity index (χ1n) is 7.56. The molecule has 3 atom stereocenters. The lowest BCUT2D eigenvalue weighted by Gasteiger charge is -2.42. The molecule has 3 unspecified atom stereocenters. The number of halogens is 1. The van der Waals surface area contributed by atoms with Crippen molar-refractivity contribution in [3.8, 4) is 0 Å². The molecule has 3 rings (SSSR count). The zero-order chi connectivity index (χ0) is 15.0. The molecule has 1 aromatic carbocycles. The van der Waals surface area contributed by atoms with Crippen molar-refractivity contribution in [3.63, 3.8) is 0 Å². The standard InChI is InChI=1S/C16H21ClN2O2/c1-10(20)13-4-3-12(8-14(13)17)19-7-6-15-11(9-19)2-5-16(21)18-15/h3-4,8,10-11,15,20H,2,5-7,9H2,1H3,(H,18,21). The average Bonchev–Trinajstić information content (AvgIpc) is 2.46. The fourth-order valence-electron chi connectivity index (χ4n) is 3.40. The molecule has 0 spiro atoms. The van der Waals surface area contributed by atoms with Crippen molar-refractivity contribution in [1.29, 1.82) is 0 Å². The molecule has 0 aliphatic carbocycles. The van der Waals surface area contributed by atoms with Gasteiger partial charge in [-0.15, -0.1) is 0 Å². The van der Waals surface area contributed by atoms with Crippen LogP contribution in [0.25, 0.3) is 0 Å². The SMILES string of the molecule is CC(O)c1ccc(N2CCC3NC(=O)CCC3C2)cc1Cl. The number of carbonyl (C=O) groups is 1. The minimum Gasteiger partial charge on any atom is -0.389 e. The zero-order valence-corrected chi connectivity index (χ0v) is 12.9. The molecule has 1 amide bonds. The van der Waals surface area contributed by atoms with Gasteiger partial charge in [0.05, 0.1) is 6.10 Å². The number of hydrogen-bond acceptors (Lipinski definition) is 3. The Kier molecular flexibility index (Phi) is 4.09. The second-order valence-corrected chi connectivity index (χ2v) is 6.50. The van der Waals surface area contributed by atoms with Crippen molar-refractivity contribution in [1.82, 2.24) is 5.32 Å². The van der Waals surface area contributed by atoms with Crippen LogP contribution in [0, 0.1) is 5.92 Å². The van der Waals surface area contributed by atoms with Crippen LogP contribution in [-0.4, -0.2) is 30.1 Å². The fraction of sp³-hybridized carbons (Fsp3) is 0.562. The summed E-state index contributed by atoms with van der Waals surface area (Å²) in [6.07, 6.45) is 2.03. The summed E-state index contributed by atoms with van der Waals surface area (Å²) in [6, 6.07) is 6.19. The number of amides is 1. The Morgan fingerprint density at radius 1 is 1.43 bits per heavy atom.